The Morgan fingerprint density at radius 3 is 2.71 bits per heavy atom. The summed E-state index contributed by atoms with van der Waals surface area (Å²) in [7, 11) is 0.557. The summed E-state index contributed by atoms with van der Waals surface area (Å²) in [4.78, 5) is 2.43. The topological polar surface area (TPSA) is 66.6 Å². The molecule has 1 saturated heterocycles. The van der Waals surface area contributed by atoms with Gasteiger partial charge in [0, 0.05) is 25.2 Å². The Bertz CT molecular complexity index is 586. The van der Waals surface area contributed by atoms with Crippen LogP contribution in [0.15, 0.2) is 29.2 Å². The average Bonchev–Trinajstić information content (AvgIpc) is 2.97. The third-order valence-corrected chi connectivity index (χ3v) is 6.08. The van der Waals surface area contributed by atoms with Gasteiger partial charge in [-0.1, -0.05) is 19.1 Å². The molecule has 1 aliphatic rings. The van der Waals surface area contributed by atoms with Crippen molar-refractivity contribution in [3.63, 3.8) is 0 Å². The van der Waals surface area contributed by atoms with Gasteiger partial charge >= 0.3 is 0 Å². The van der Waals surface area contributed by atoms with Gasteiger partial charge in [0.15, 0.2) is 0 Å². The fraction of sp³-hybridized carbons (Fsp3) is 0.600. The molecule has 21 heavy (non-hydrogen) atoms. The van der Waals surface area contributed by atoms with Crippen LogP contribution in [-0.2, 0) is 10.0 Å². The highest BCUT2D eigenvalue weighted by molar-refractivity contribution is 7.89. The molecule has 1 aliphatic heterocycles. The van der Waals surface area contributed by atoms with E-state index < -0.39 is 10.0 Å². The summed E-state index contributed by atoms with van der Waals surface area (Å²) in [6, 6.07) is 7.21. The van der Waals surface area contributed by atoms with Crippen LogP contribution in [0.1, 0.15) is 31.4 Å². The van der Waals surface area contributed by atoms with Gasteiger partial charge in [0.25, 0.3) is 0 Å². The molecule has 0 aliphatic carbocycles. The van der Waals surface area contributed by atoms with E-state index in [2.05, 4.69) is 4.90 Å². The molecule has 2 rings (SSSR count). The molecular formula is C15H25N3O2S. The average molecular weight is 311 g/mol. The van der Waals surface area contributed by atoms with E-state index in [1.54, 1.807) is 22.5 Å². The highest BCUT2D eigenvalue weighted by Gasteiger charge is 2.33. The van der Waals surface area contributed by atoms with Gasteiger partial charge in [0.05, 0.1) is 4.90 Å². The molecule has 6 heteroatoms. The van der Waals surface area contributed by atoms with Crippen LogP contribution >= 0.6 is 0 Å². The molecule has 2 atom stereocenters. The van der Waals surface area contributed by atoms with Crippen molar-refractivity contribution in [2.24, 2.45) is 5.73 Å². The van der Waals surface area contributed by atoms with Crippen LogP contribution in [0, 0.1) is 0 Å². The van der Waals surface area contributed by atoms with E-state index in [0.29, 0.717) is 24.0 Å². The minimum Gasteiger partial charge on any atom is -0.324 e. The molecule has 2 N–H and O–H groups in total. The van der Waals surface area contributed by atoms with Crippen LogP contribution in [-0.4, -0.2) is 50.8 Å². The molecule has 0 radical (unpaired) electrons. The minimum absolute atomic E-state index is 0.117. The Labute approximate surface area is 127 Å². The van der Waals surface area contributed by atoms with Crippen molar-refractivity contribution in [1.82, 2.24) is 9.21 Å². The molecule has 2 unspecified atom stereocenters. The normalized spacial score (nSPS) is 21.9. The van der Waals surface area contributed by atoms with Crippen LogP contribution < -0.4 is 5.73 Å². The number of rotatable bonds is 5. The first-order chi connectivity index (χ1) is 9.86. The maximum absolute atomic E-state index is 12.7. The second kappa shape index (κ2) is 6.44. The van der Waals surface area contributed by atoms with Gasteiger partial charge in [0.2, 0.25) is 10.0 Å². The number of hydrogen-bond acceptors (Lipinski definition) is 4. The fourth-order valence-corrected chi connectivity index (χ4v) is 4.19. The molecular weight excluding hydrogens is 286 g/mol. The molecule has 1 aromatic carbocycles. The van der Waals surface area contributed by atoms with Gasteiger partial charge in [-0.3, -0.25) is 0 Å². The van der Waals surface area contributed by atoms with E-state index in [1.165, 1.54) is 0 Å². The van der Waals surface area contributed by atoms with Crippen molar-refractivity contribution in [1.29, 1.82) is 0 Å². The second-order valence-corrected chi connectivity index (χ2v) is 7.79. The summed E-state index contributed by atoms with van der Waals surface area (Å²) >= 11 is 0. The molecule has 5 nitrogen and oxygen atoms in total. The Balaban J connectivity index is 2.24. The number of likely N-dealkylation sites (N-methyl/N-ethyl adjacent to an activating group) is 1. The van der Waals surface area contributed by atoms with E-state index >= 15 is 0 Å². The van der Waals surface area contributed by atoms with E-state index in [-0.39, 0.29) is 6.04 Å². The highest BCUT2D eigenvalue weighted by atomic mass is 32.2. The van der Waals surface area contributed by atoms with Crippen LogP contribution in [0.4, 0.5) is 0 Å². The van der Waals surface area contributed by atoms with Gasteiger partial charge in [0.1, 0.15) is 0 Å². The zero-order valence-electron chi connectivity index (χ0n) is 13.0. The molecule has 0 spiro atoms. The summed E-state index contributed by atoms with van der Waals surface area (Å²) in [5.41, 5.74) is 6.88. The second-order valence-electron chi connectivity index (χ2n) is 5.86. The molecule has 0 aromatic heterocycles. The maximum Gasteiger partial charge on any atom is 0.243 e. The monoisotopic (exact) mass is 311 g/mol. The maximum atomic E-state index is 12.7. The first kappa shape index (κ1) is 16.4. The number of sulfonamides is 1. The zero-order chi connectivity index (χ0) is 15.6. The number of benzene rings is 1. The van der Waals surface area contributed by atoms with Gasteiger partial charge in [-0.25, -0.2) is 8.42 Å². The number of nitrogens with zero attached hydrogens (tertiary/aromatic N) is 2. The smallest absolute Gasteiger partial charge is 0.243 e. The van der Waals surface area contributed by atoms with Gasteiger partial charge in [-0.2, -0.15) is 4.31 Å². The molecule has 0 bridgehead atoms. The minimum atomic E-state index is -3.42. The predicted octanol–water partition coefficient (Wildman–Crippen LogP) is 1.42. The van der Waals surface area contributed by atoms with Crippen LogP contribution in [0.3, 0.4) is 0 Å². The zero-order valence-corrected chi connectivity index (χ0v) is 13.8. The van der Waals surface area contributed by atoms with Crippen LogP contribution in [0.25, 0.3) is 0 Å². The molecule has 118 valence electrons. The van der Waals surface area contributed by atoms with Gasteiger partial charge < -0.3 is 10.6 Å². The predicted molar refractivity (Wildman–Crippen MR) is 84.5 cm³/mol. The van der Waals surface area contributed by atoms with E-state index in [4.69, 9.17) is 5.73 Å². The summed E-state index contributed by atoms with van der Waals surface area (Å²) in [5, 5.41) is 0. The van der Waals surface area contributed by atoms with Crippen molar-refractivity contribution < 1.29 is 8.42 Å². The van der Waals surface area contributed by atoms with Crippen molar-refractivity contribution >= 4 is 10.0 Å². The van der Waals surface area contributed by atoms with Crippen molar-refractivity contribution in [3.05, 3.63) is 29.8 Å². The summed E-state index contributed by atoms with van der Waals surface area (Å²) < 4.78 is 27.0. The van der Waals surface area contributed by atoms with Gasteiger partial charge in [-0.05, 0) is 44.6 Å². The summed E-state index contributed by atoms with van der Waals surface area (Å²) in [6.07, 6.45) is 1.66. The Morgan fingerprint density at radius 1 is 1.43 bits per heavy atom. The highest BCUT2D eigenvalue weighted by Crippen LogP contribution is 2.25. The van der Waals surface area contributed by atoms with Crippen LogP contribution in [0.2, 0.25) is 0 Å². The molecule has 1 fully saturated rings. The number of hydrogen-bond donors (Lipinski definition) is 1. The summed E-state index contributed by atoms with van der Waals surface area (Å²) in [5.74, 6) is 0. The SMILES string of the molecule is CCC(N)c1cccc(S(=O)(=O)N2CCC(N(C)C)C2)c1. The quantitative estimate of drug-likeness (QED) is 0.893. The van der Waals surface area contributed by atoms with Crippen molar-refractivity contribution in [3.8, 4) is 0 Å². The Kier molecular flexibility index (Phi) is 5.03. The lowest BCUT2D eigenvalue weighted by molar-refractivity contribution is 0.302. The van der Waals surface area contributed by atoms with Crippen LogP contribution in [0.5, 0.6) is 0 Å². The third kappa shape index (κ3) is 3.45. The fourth-order valence-electron chi connectivity index (χ4n) is 2.64. The Hall–Kier alpha value is -0.950. The summed E-state index contributed by atoms with van der Waals surface area (Å²) in [6.45, 7) is 3.13. The van der Waals surface area contributed by atoms with E-state index in [1.807, 2.05) is 27.1 Å². The Morgan fingerprint density at radius 2 is 2.14 bits per heavy atom. The molecule has 0 saturated carbocycles. The van der Waals surface area contributed by atoms with E-state index in [9.17, 15) is 8.42 Å². The van der Waals surface area contributed by atoms with E-state index in [0.717, 1.165) is 18.4 Å². The lowest BCUT2D eigenvalue weighted by Crippen LogP contribution is -2.34. The lowest BCUT2D eigenvalue weighted by Gasteiger charge is -2.21. The lowest BCUT2D eigenvalue weighted by atomic mass is 10.1. The molecule has 1 aromatic rings. The van der Waals surface area contributed by atoms with Crippen molar-refractivity contribution in [2.45, 2.75) is 36.7 Å². The standard InChI is InChI=1S/C15H25N3O2S/c1-4-15(16)12-6-5-7-14(10-12)21(19,20)18-9-8-13(11-18)17(2)3/h5-7,10,13,15H,4,8-9,11,16H2,1-3H3. The van der Waals surface area contributed by atoms with Crippen molar-refractivity contribution in [2.75, 3.05) is 27.2 Å². The van der Waals surface area contributed by atoms with Gasteiger partial charge in [-0.15, -0.1) is 0 Å². The molecule has 1 heterocycles. The largest absolute Gasteiger partial charge is 0.324 e. The first-order valence-corrected chi connectivity index (χ1v) is 8.82. The first-order valence-electron chi connectivity index (χ1n) is 7.38. The molecule has 0 amide bonds. The number of nitrogens with two attached hydrogens (primary N) is 1. The third-order valence-electron chi connectivity index (χ3n) is 4.22.